The number of benzene rings is 3. The second kappa shape index (κ2) is 10.2. The fourth-order valence-electron chi connectivity index (χ4n) is 3.72. The van der Waals surface area contributed by atoms with E-state index in [4.69, 9.17) is 10.5 Å². The van der Waals surface area contributed by atoms with Crippen LogP contribution in [0.25, 0.3) is 0 Å². The molecule has 3 aromatic rings. The molecule has 0 saturated heterocycles. The van der Waals surface area contributed by atoms with Crippen LogP contribution < -0.4 is 15.8 Å². The van der Waals surface area contributed by atoms with Crippen molar-refractivity contribution in [2.45, 2.75) is 32.0 Å². The van der Waals surface area contributed by atoms with Crippen molar-refractivity contribution >= 4 is 11.6 Å². The standard InChI is InChI=1S/C25H21F7N2O2/c1-11-4-5-14(10-12(11)2)16(13-6-8-15(36-3)9-7-13)22(33)24(35)34-23-20(28)18(26)17(25(30,31)32)19(27)21(23)29/h4-10,16,22H,33H2,1-3H3,(H,34,35). The maximum atomic E-state index is 14.3. The van der Waals surface area contributed by atoms with Crippen LogP contribution in [-0.2, 0) is 11.0 Å². The van der Waals surface area contributed by atoms with E-state index in [9.17, 15) is 35.5 Å². The van der Waals surface area contributed by atoms with Crippen molar-refractivity contribution in [1.29, 1.82) is 0 Å². The summed E-state index contributed by atoms with van der Waals surface area (Å²) < 4.78 is 100. The van der Waals surface area contributed by atoms with Gasteiger partial charge < -0.3 is 15.8 Å². The molecule has 3 aromatic carbocycles. The summed E-state index contributed by atoms with van der Waals surface area (Å²) in [4.78, 5) is 12.9. The number of nitrogens with one attached hydrogen (secondary N) is 1. The number of anilines is 1. The normalized spacial score (nSPS) is 13.3. The highest BCUT2D eigenvalue weighted by Crippen LogP contribution is 2.39. The molecule has 0 saturated carbocycles. The molecule has 0 aliphatic carbocycles. The third-order valence-electron chi connectivity index (χ3n) is 5.82. The second-order valence-electron chi connectivity index (χ2n) is 8.11. The quantitative estimate of drug-likeness (QED) is 0.314. The molecular formula is C25H21F7N2O2. The summed E-state index contributed by atoms with van der Waals surface area (Å²) >= 11 is 0. The predicted molar refractivity (Wildman–Crippen MR) is 119 cm³/mol. The lowest BCUT2D eigenvalue weighted by atomic mass is 9.83. The number of carbonyl (C=O) groups is 1. The number of carbonyl (C=O) groups excluding carboxylic acids is 1. The molecule has 11 heteroatoms. The van der Waals surface area contributed by atoms with Gasteiger partial charge >= 0.3 is 6.18 Å². The van der Waals surface area contributed by atoms with E-state index in [2.05, 4.69) is 0 Å². The van der Waals surface area contributed by atoms with Gasteiger partial charge in [-0.05, 0) is 48.2 Å². The van der Waals surface area contributed by atoms with Gasteiger partial charge in [0.2, 0.25) is 5.91 Å². The fraction of sp³-hybridized carbons (Fsp3) is 0.240. The van der Waals surface area contributed by atoms with Gasteiger partial charge in [-0.3, -0.25) is 4.79 Å². The van der Waals surface area contributed by atoms with Gasteiger partial charge in [0.1, 0.15) is 17.0 Å². The lowest BCUT2D eigenvalue weighted by Crippen LogP contribution is -2.41. The Morgan fingerprint density at radius 2 is 1.39 bits per heavy atom. The summed E-state index contributed by atoms with van der Waals surface area (Å²) in [6.45, 7) is 3.67. The number of aryl methyl sites for hydroxylation is 2. The monoisotopic (exact) mass is 514 g/mol. The van der Waals surface area contributed by atoms with Crippen molar-refractivity contribution in [3.63, 3.8) is 0 Å². The molecule has 1 amide bonds. The number of rotatable bonds is 6. The zero-order chi connectivity index (χ0) is 26.9. The maximum absolute atomic E-state index is 14.3. The summed E-state index contributed by atoms with van der Waals surface area (Å²) in [5, 5.41) is 1.62. The molecule has 0 fully saturated rings. The van der Waals surface area contributed by atoms with Gasteiger partial charge in [-0.2, -0.15) is 13.2 Å². The number of hydrogen-bond donors (Lipinski definition) is 2. The number of ether oxygens (including phenoxy) is 1. The molecule has 0 radical (unpaired) electrons. The van der Waals surface area contributed by atoms with Gasteiger partial charge in [0.25, 0.3) is 0 Å². The maximum Gasteiger partial charge on any atom is 0.422 e. The van der Waals surface area contributed by atoms with Gasteiger partial charge in [0.15, 0.2) is 23.3 Å². The number of methoxy groups -OCH3 is 1. The third-order valence-corrected chi connectivity index (χ3v) is 5.82. The Kier molecular flexibility index (Phi) is 7.63. The van der Waals surface area contributed by atoms with E-state index in [0.29, 0.717) is 16.9 Å². The van der Waals surface area contributed by atoms with E-state index in [1.165, 1.54) is 7.11 Å². The zero-order valence-corrected chi connectivity index (χ0v) is 19.2. The van der Waals surface area contributed by atoms with E-state index in [1.54, 1.807) is 47.8 Å². The molecule has 0 aliphatic heterocycles. The Hall–Kier alpha value is -3.60. The first-order valence-electron chi connectivity index (χ1n) is 10.5. The molecule has 36 heavy (non-hydrogen) atoms. The highest BCUT2D eigenvalue weighted by molar-refractivity contribution is 5.96. The van der Waals surface area contributed by atoms with Crippen LogP contribution in [0.3, 0.4) is 0 Å². The summed E-state index contributed by atoms with van der Waals surface area (Å²) in [5.74, 6) is -11.9. The average Bonchev–Trinajstić information content (AvgIpc) is 2.82. The number of alkyl halides is 3. The van der Waals surface area contributed by atoms with Gasteiger partial charge in [0.05, 0.1) is 13.2 Å². The first-order valence-corrected chi connectivity index (χ1v) is 10.5. The van der Waals surface area contributed by atoms with Crippen molar-refractivity contribution in [2.75, 3.05) is 12.4 Å². The van der Waals surface area contributed by atoms with E-state index in [1.807, 2.05) is 13.8 Å². The molecule has 0 aliphatic rings. The summed E-state index contributed by atoms with van der Waals surface area (Å²) in [6.07, 6.45) is -5.71. The molecule has 2 unspecified atom stereocenters. The van der Waals surface area contributed by atoms with Crippen molar-refractivity contribution in [1.82, 2.24) is 0 Å². The number of halogens is 7. The first kappa shape index (κ1) is 27.0. The second-order valence-corrected chi connectivity index (χ2v) is 8.11. The predicted octanol–water partition coefficient (Wildman–Crippen LogP) is 5.99. The molecule has 0 aromatic heterocycles. The van der Waals surface area contributed by atoms with Crippen LogP contribution >= 0.6 is 0 Å². The molecule has 3 N–H and O–H groups in total. The average molecular weight is 514 g/mol. The topological polar surface area (TPSA) is 64.3 Å². The van der Waals surface area contributed by atoms with Gasteiger partial charge in [-0.15, -0.1) is 0 Å². The van der Waals surface area contributed by atoms with Crippen molar-refractivity contribution in [2.24, 2.45) is 5.73 Å². The van der Waals surface area contributed by atoms with E-state index < -0.39 is 58.6 Å². The van der Waals surface area contributed by atoms with Gasteiger partial charge in [-0.25, -0.2) is 17.6 Å². The smallest absolute Gasteiger partial charge is 0.422 e. The van der Waals surface area contributed by atoms with Gasteiger partial charge in [-0.1, -0.05) is 30.3 Å². The van der Waals surface area contributed by atoms with Crippen molar-refractivity contribution < 1.29 is 40.3 Å². The Morgan fingerprint density at radius 1 is 0.861 bits per heavy atom. The van der Waals surface area contributed by atoms with Crippen molar-refractivity contribution in [3.05, 3.63) is 93.6 Å². The SMILES string of the molecule is COc1ccc(C(c2ccc(C)c(C)c2)C(N)C(=O)Nc2c(F)c(F)c(C(F)(F)F)c(F)c2F)cc1. The minimum Gasteiger partial charge on any atom is -0.497 e. The summed E-state index contributed by atoms with van der Waals surface area (Å²) in [6, 6.07) is 10.0. The molecule has 192 valence electrons. The Labute approximate surface area is 201 Å². The fourth-order valence-corrected chi connectivity index (χ4v) is 3.72. The highest BCUT2D eigenvalue weighted by atomic mass is 19.4. The first-order chi connectivity index (χ1) is 16.8. The molecule has 0 bridgehead atoms. The molecule has 2 atom stereocenters. The van der Waals surface area contributed by atoms with Crippen LogP contribution in [0.4, 0.5) is 36.4 Å². The zero-order valence-electron chi connectivity index (χ0n) is 19.2. The van der Waals surface area contributed by atoms with Gasteiger partial charge in [0, 0.05) is 5.92 Å². The van der Waals surface area contributed by atoms with E-state index in [0.717, 1.165) is 11.1 Å². The summed E-state index contributed by atoms with van der Waals surface area (Å²) in [5.41, 5.74) is 4.51. The minimum absolute atomic E-state index is 0.493. The van der Waals surface area contributed by atoms with Crippen LogP contribution in [0, 0.1) is 37.1 Å². The van der Waals surface area contributed by atoms with Crippen molar-refractivity contribution in [3.8, 4) is 5.75 Å². The van der Waals surface area contributed by atoms with Crippen LogP contribution in [0.2, 0.25) is 0 Å². The Bertz CT molecular complexity index is 1260. The Balaban J connectivity index is 2.05. The highest BCUT2D eigenvalue weighted by Gasteiger charge is 2.43. The number of amides is 1. The molecule has 0 spiro atoms. The summed E-state index contributed by atoms with van der Waals surface area (Å²) in [7, 11) is 1.44. The van der Waals surface area contributed by atoms with Crippen LogP contribution in [0.15, 0.2) is 42.5 Å². The number of nitrogens with two attached hydrogens (primary N) is 1. The molecule has 4 nitrogen and oxygen atoms in total. The Morgan fingerprint density at radius 3 is 1.86 bits per heavy atom. The molecule has 0 heterocycles. The lowest BCUT2D eigenvalue weighted by Gasteiger charge is -2.25. The van der Waals surface area contributed by atoms with E-state index in [-0.39, 0.29) is 0 Å². The van der Waals surface area contributed by atoms with Crippen LogP contribution in [-0.4, -0.2) is 19.1 Å². The number of hydrogen-bond acceptors (Lipinski definition) is 3. The van der Waals surface area contributed by atoms with E-state index >= 15 is 0 Å². The third kappa shape index (κ3) is 5.15. The van der Waals surface area contributed by atoms with Crippen LogP contribution in [0.1, 0.15) is 33.7 Å². The van der Waals surface area contributed by atoms with Crippen LogP contribution in [0.5, 0.6) is 5.75 Å². The molecular weight excluding hydrogens is 493 g/mol. The minimum atomic E-state index is -5.71. The largest absolute Gasteiger partial charge is 0.497 e. The lowest BCUT2D eigenvalue weighted by molar-refractivity contribution is -0.143. The molecule has 3 rings (SSSR count).